The summed E-state index contributed by atoms with van der Waals surface area (Å²) in [5.41, 5.74) is 0.669. The minimum Gasteiger partial charge on any atom is -0.492 e. The molecule has 1 N–H and O–H groups in total. The highest BCUT2D eigenvalue weighted by Gasteiger charge is 2.17. The summed E-state index contributed by atoms with van der Waals surface area (Å²) in [5, 5.41) is 11.3. The van der Waals surface area contributed by atoms with Crippen LogP contribution in [0.15, 0.2) is 23.4 Å². The van der Waals surface area contributed by atoms with Gasteiger partial charge in [-0.25, -0.2) is 12.8 Å². The highest BCUT2D eigenvalue weighted by atomic mass is 32.2. The van der Waals surface area contributed by atoms with E-state index in [1.807, 2.05) is 0 Å². The molecule has 0 spiro atoms. The fourth-order valence-electron chi connectivity index (χ4n) is 1.47. The van der Waals surface area contributed by atoms with Gasteiger partial charge < -0.3 is 9.94 Å². The van der Waals surface area contributed by atoms with Gasteiger partial charge in [0.05, 0.1) is 16.7 Å². The van der Waals surface area contributed by atoms with E-state index in [-0.39, 0.29) is 23.8 Å². The van der Waals surface area contributed by atoms with E-state index in [1.54, 1.807) is 13.8 Å². The Bertz CT molecular complexity index is 596. The Morgan fingerprint density at radius 2 is 2.10 bits per heavy atom. The molecule has 0 aliphatic heterocycles. The van der Waals surface area contributed by atoms with Gasteiger partial charge in [0, 0.05) is 11.6 Å². The molecule has 1 aromatic rings. The van der Waals surface area contributed by atoms with Gasteiger partial charge in [-0.15, -0.1) is 0 Å². The van der Waals surface area contributed by atoms with Crippen molar-refractivity contribution in [3.63, 3.8) is 0 Å². The van der Waals surface area contributed by atoms with Crippen LogP contribution in [0.3, 0.4) is 0 Å². The largest absolute Gasteiger partial charge is 0.492 e. The SMILES string of the molecule is C/C(=N\O)c1ccc(F)cc1OCCS(=O)(=O)C(C)C. The third kappa shape index (κ3) is 4.19. The molecule has 112 valence electrons. The average molecular weight is 303 g/mol. The van der Waals surface area contributed by atoms with E-state index in [1.165, 1.54) is 19.1 Å². The first-order chi connectivity index (χ1) is 9.27. The van der Waals surface area contributed by atoms with Crippen LogP contribution in [0.4, 0.5) is 4.39 Å². The van der Waals surface area contributed by atoms with Crippen molar-refractivity contribution in [3.8, 4) is 5.75 Å². The zero-order valence-electron chi connectivity index (χ0n) is 11.6. The van der Waals surface area contributed by atoms with Crippen molar-refractivity contribution in [1.82, 2.24) is 0 Å². The van der Waals surface area contributed by atoms with E-state index in [0.717, 1.165) is 6.07 Å². The number of benzene rings is 1. The molecule has 0 aromatic heterocycles. The van der Waals surface area contributed by atoms with Crippen molar-refractivity contribution >= 4 is 15.5 Å². The number of sulfone groups is 1. The highest BCUT2D eigenvalue weighted by molar-refractivity contribution is 7.91. The molecule has 0 saturated heterocycles. The monoisotopic (exact) mass is 303 g/mol. The number of hydrogen-bond donors (Lipinski definition) is 1. The maximum atomic E-state index is 13.2. The molecule has 0 heterocycles. The van der Waals surface area contributed by atoms with Crippen molar-refractivity contribution in [1.29, 1.82) is 0 Å². The molecule has 5 nitrogen and oxygen atoms in total. The van der Waals surface area contributed by atoms with Crippen molar-refractivity contribution in [2.24, 2.45) is 5.16 Å². The first-order valence-electron chi connectivity index (χ1n) is 6.11. The van der Waals surface area contributed by atoms with Gasteiger partial charge >= 0.3 is 0 Å². The molecule has 0 saturated carbocycles. The smallest absolute Gasteiger partial charge is 0.155 e. The molecule has 0 radical (unpaired) electrons. The molecule has 7 heteroatoms. The highest BCUT2D eigenvalue weighted by Crippen LogP contribution is 2.21. The Kier molecular flexibility index (Phi) is 5.50. The molecule has 0 aliphatic carbocycles. The summed E-state index contributed by atoms with van der Waals surface area (Å²) in [6.07, 6.45) is 0. The van der Waals surface area contributed by atoms with Crippen LogP contribution in [0.2, 0.25) is 0 Å². The van der Waals surface area contributed by atoms with Gasteiger partial charge in [-0.3, -0.25) is 0 Å². The maximum Gasteiger partial charge on any atom is 0.155 e. The molecule has 0 amide bonds. The van der Waals surface area contributed by atoms with Crippen LogP contribution in [0.1, 0.15) is 26.3 Å². The number of rotatable bonds is 6. The Balaban J connectivity index is 2.85. The summed E-state index contributed by atoms with van der Waals surface area (Å²) in [5.74, 6) is -0.517. The van der Waals surface area contributed by atoms with E-state index >= 15 is 0 Å². The summed E-state index contributed by atoms with van der Waals surface area (Å²) < 4.78 is 41.8. The van der Waals surface area contributed by atoms with Crippen LogP contribution >= 0.6 is 0 Å². The molecule has 0 aliphatic rings. The van der Waals surface area contributed by atoms with Crippen LogP contribution in [0, 0.1) is 5.82 Å². The van der Waals surface area contributed by atoms with Crippen LogP contribution in [-0.2, 0) is 9.84 Å². The van der Waals surface area contributed by atoms with E-state index in [9.17, 15) is 12.8 Å². The predicted octanol–water partition coefficient (Wildman–Crippen LogP) is 2.23. The molecule has 1 rings (SSSR count). The zero-order chi connectivity index (χ0) is 15.3. The lowest BCUT2D eigenvalue weighted by Gasteiger charge is -2.12. The lowest BCUT2D eigenvalue weighted by Crippen LogP contribution is -2.22. The van der Waals surface area contributed by atoms with Crippen LogP contribution < -0.4 is 4.74 Å². The Hall–Kier alpha value is -1.63. The molecule has 20 heavy (non-hydrogen) atoms. The van der Waals surface area contributed by atoms with Gasteiger partial charge in [0.15, 0.2) is 9.84 Å². The molecule has 1 aromatic carbocycles. The lowest BCUT2D eigenvalue weighted by atomic mass is 10.1. The number of ether oxygens (including phenoxy) is 1. The van der Waals surface area contributed by atoms with E-state index in [0.29, 0.717) is 5.56 Å². The van der Waals surface area contributed by atoms with Gasteiger partial charge in [0.25, 0.3) is 0 Å². The second-order valence-corrected chi connectivity index (χ2v) is 7.27. The second-order valence-electron chi connectivity index (χ2n) is 4.59. The molecular formula is C13H18FNO4S. The van der Waals surface area contributed by atoms with E-state index in [4.69, 9.17) is 9.94 Å². The summed E-state index contributed by atoms with van der Waals surface area (Å²) in [6, 6.07) is 3.75. The number of hydrogen-bond acceptors (Lipinski definition) is 5. The van der Waals surface area contributed by atoms with Crippen molar-refractivity contribution in [2.75, 3.05) is 12.4 Å². The van der Waals surface area contributed by atoms with Gasteiger partial charge in [-0.05, 0) is 32.9 Å². The van der Waals surface area contributed by atoms with Crippen molar-refractivity contribution < 1.29 is 22.8 Å². The Labute approximate surface area is 118 Å². The fraction of sp³-hybridized carbons (Fsp3) is 0.462. The van der Waals surface area contributed by atoms with Crippen molar-refractivity contribution in [2.45, 2.75) is 26.0 Å². The lowest BCUT2D eigenvalue weighted by molar-refractivity contribution is 0.317. The quantitative estimate of drug-likeness (QED) is 0.497. The summed E-state index contributed by atoms with van der Waals surface area (Å²) in [6.45, 7) is 4.62. The van der Waals surface area contributed by atoms with E-state index < -0.39 is 20.9 Å². The minimum absolute atomic E-state index is 0.0876. The van der Waals surface area contributed by atoms with Crippen LogP contribution in [0.25, 0.3) is 0 Å². The minimum atomic E-state index is -3.22. The fourth-order valence-corrected chi connectivity index (χ4v) is 2.26. The Morgan fingerprint density at radius 1 is 1.45 bits per heavy atom. The number of halogens is 1. The van der Waals surface area contributed by atoms with E-state index in [2.05, 4.69) is 5.16 Å². The third-order valence-corrected chi connectivity index (χ3v) is 5.00. The average Bonchev–Trinajstić information content (AvgIpc) is 2.37. The molecule has 0 fully saturated rings. The van der Waals surface area contributed by atoms with Crippen LogP contribution in [0.5, 0.6) is 5.75 Å². The van der Waals surface area contributed by atoms with Gasteiger partial charge in [-0.1, -0.05) is 5.16 Å². The predicted molar refractivity (Wildman–Crippen MR) is 74.8 cm³/mol. The van der Waals surface area contributed by atoms with Crippen molar-refractivity contribution in [3.05, 3.63) is 29.6 Å². The number of oxime groups is 1. The zero-order valence-corrected chi connectivity index (χ0v) is 12.4. The summed E-state index contributed by atoms with van der Waals surface area (Å²) in [7, 11) is -3.22. The van der Waals surface area contributed by atoms with Crippen LogP contribution in [-0.4, -0.2) is 36.9 Å². The first-order valence-corrected chi connectivity index (χ1v) is 7.82. The molecular weight excluding hydrogens is 285 g/mol. The van der Waals surface area contributed by atoms with Gasteiger partial charge in [0.1, 0.15) is 18.2 Å². The number of nitrogens with zero attached hydrogens (tertiary/aromatic N) is 1. The summed E-state index contributed by atoms with van der Waals surface area (Å²) in [4.78, 5) is 0. The second kappa shape index (κ2) is 6.69. The summed E-state index contributed by atoms with van der Waals surface area (Å²) >= 11 is 0. The third-order valence-electron chi connectivity index (χ3n) is 2.83. The standard InChI is InChI=1S/C13H18FNO4S/c1-9(2)20(17,18)7-6-19-13-8-11(14)4-5-12(13)10(3)15-16/h4-5,8-9,16H,6-7H2,1-3H3/b15-10+. The topological polar surface area (TPSA) is 76.0 Å². The molecule has 0 unspecified atom stereocenters. The molecule has 0 atom stereocenters. The van der Waals surface area contributed by atoms with Gasteiger partial charge in [-0.2, -0.15) is 0 Å². The molecule has 0 bridgehead atoms. The first kappa shape index (κ1) is 16.4. The van der Waals surface area contributed by atoms with Gasteiger partial charge in [0.2, 0.25) is 0 Å². The maximum absolute atomic E-state index is 13.2. The Morgan fingerprint density at radius 3 is 2.65 bits per heavy atom. The normalized spacial score (nSPS) is 12.8.